The van der Waals surface area contributed by atoms with Gasteiger partial charge in [0.2, 0.25) is 5.95 Å². The number of nitrogens with zero attached hydrogens (tertiary/aromatic N) is 4. The van der Waals surface area contributed by atoms with Crippen LogP contribution in [-0.4, -0.2) is 83.5 Å². The molecule has 5 aromatic rings. The van der Waals surface area contributed by atoms with Gasteiger partial charge >= 0.3 is 7.12 Å². The number of fused-ring (bicyclic) bond motifs is 6. The molecule has 63 heavy (non-hydrogen) atoms. The topological polar surface area (TPSA) is 197 Å². The molecule has 4 aliphatic carbocycles. The van der Waals surface area contributed by atoms with E-state index in [2.05, 4.69) is 63.0 Å². The minimum Gasteiger partial charge on any atom is -0.427 e. The van der Waals surface area contributed by atoms with E-state index in [9.17, 15) is 14.4 Å². The molecule has 7 N–H and O–H groups in total. The first-order valence-corrected chi connectivity index (χ1v) is 24.4. The Morgan fingerprint density at radius 1 is 0.778 bits per heavy atom. The predicted molar refractivity (Wildman–Crippen MR) is 271 cm³/mol. The molecule has 0 aromatic carbocycles. The van der Waals surface area contributed by atoms with Gasteiger partial charge in [0.05, 0.1) is 9.48 Å². The Morgan fingerprint density at radius 3 is 1.73 bits per heavy atom. The monoisotopic (exact) mass is 1020 g/mol. The number of ketones is 3. The van der Waals surface area contributed by atoms with Crippen LogP contribution in [-0.2, 0) is 32.1 Å². The molecule has 0 unspecified atom stereocenters. The number of guanidine groups is 1. The quantitative estimate of drug-likeness (QED) is 0.0489. The number of thiophene rings is 4. The summed E-state index contributed by atoms with van der Waals surface area (Å²) >= 11 is 10.5. The van der Waals surface area contributed by atoms with E-state index in [-0.39, 0.29) is 24.1 Å². The van der Waals surface area contributed by atoms with Gasteiger partial charge in [-0.2, -0.15) is 0 Å². The summed E-state index contributed by atoms with van der Waals surface area (Å²) in [7, 11) is 6.13. The zero-order chi connectivity index (χ0) is 45.7. The molecule has 0 saturated heterocycles. The highest BCUT2D eigenvalue weighted by Gasteiger charge is 2.24. The number of hydrogen-bond donors (Lipinski definition) is 5. The summed E-state index contributed by atoms with van der Waals surface area (Å²) in [5.74, 6) is 1.71. The third-order valence-electron chi connectivity index (χ3n) is 9.59. The van der Waals surface area contributed by atoms with Gasteiger partial charge in [0.25, 0.3) is 0 Å². The average Bonchev–Trinajstić information content (AvgIpc) is 4.01. The van der Waals surface area contributed by atoms with Gasteiger partial charge in [-0.05, 0) is 125 Å². The summed E-state index contributed by atoms with van der Waals surface area (Å²) in [6, 6.07) is 8.23. The number of carbonyl (C=O) groups excluding carboxylic acids is 3. The highest BCUT2D eigenvalue weighted by molar-refractivity contribution is 9.11. The van der Waals surface area contributed by atoms with Crippen LogP contribution >= 0.6 is 73.7 Å². The summed E-state index contributed by atoms with van der Waals surface area (Å²) in [5, 5.41) is 18.2. The van der Waals surface area contributed by atoms with Crippen LogP contribution in [0.25, 0.3) is 11.3 Å². The Bertz CT molecular complexity index is 2340. The van der Waals surface area contributed by atoms with Crippen LogP contribution in [0.4, 0.5) is 5.95 Å². The standard InChI is InChI=1S/C12H13N3S.C12H15NOS.C9H10OS.C8H7BrOS.C2H7N3.CH5BO2.ClH/c1-7-5-9-10(16-7)4-3-8-6-14-12(13-2)15-11(8)9;1-8-6-10-11(15-8)5-4-9(12(10)14)7-13(2)3;1-6-5-7-8(10)3-2-4-9(7)11-6;9-8-4-5-6(10)2-1-3-7(5)11-8;1-5-2(3)4;1-2(3)4;/h5-6H,3-4H2,1-2H3,(H,13,14,15);6-7H,4-5H2,1-3H3;5H,2-4H2,1H3;4H,1-3H2;1H3,(H4,3,4,5);3-4H,1H3;1H/b;9-7-;;;;;. The number of carbonyl (C=O) groups is 3. The van der Waals surface area contributed by atoms with Crippen molar-refractivity contribution in [2.45, 2.75) is 91.8 Å². The van der Waals surface area contributed by atoms with E-state index in [0.29, 0.717) is 17.5 Å². The van der Waals surface area contributed by atoms with Crippen LogP contribution in [0, 0.1) is 20.8 Å². The highest BCUT2D eigenvalue weighted by Crippen LogP contribution is 2.38. The van der Waals surface area contributed by atoms with E-state index >= 15 is 0 Å². The lowest BCUT2D eigenvalue weighted by atomic mass is 9.93. The second kappa shape index (κ2) is 25.7. The maximum absolute atomic E-state index is 12.1. The first-order chi connectivity index (χ1) is 29.4. The fourth-order valence-corrected chi connectivity index (χ4v) is 11.9. The SMILES string of the molecule is CB(O)O.CN=C(N)N.CNc1ncc2c(n1)-c1cc(C)sc1CC2.Cc1cc2c(s1)CC/C(=C/N(C)C)C2=O.Cc1cc2c(s1)CCCC2=O.Cl.O=C1CCCc2sc(Br)cc21. The third kappa shape index (κ3) is 16.0. The van der Waals surface area contributed by atoms with Crippen LogP contribution in [0.3, 0.4) is 0 Å². The van der Waals surface area contributed by atoms with Gasteiger partial charge in [-0.1, -0.05) is 0 Å². The number of anilines is 1. The number of rotatable bonds is 2. The summed E-state index contributed by atoms with van der Waals surface area (Å²) in [5.41, 5.74) is 17.1. The molecule has 5 aromatic heterocycles. The molecule has 12 nitrogen and oxygen atoms in total. The molecule has 0 fully saturated rings. The molecule has 9 rings (SSSR count). The molecular formula is C44H58BBrClN7O5S4. The third-order valence-corrected chi connectivity index (χ3v) is 14.6. The molecule has 0 saturated carbocycles. The zero-order valence-corrected chi connectivity index (χ0v) is 42.8. The van der Waals surface area contributed by atoms with Gasteiger partial charge in [-0.3, -0.25) is 19.4 Å². The van der Waals surface area contributed by atoms with Crippen LogP contribution in [0.15, 0.2) is 51.0 Å². The van der Waals surface area contributed by atoms with Crippen molar-refractivity contribution >= 4 is 110 Å². The molecule has 4 aliphatic rings. The van der Waals surface area contributed by atoms with Crippen LogP contribution in [0.5, 0.6) is 0 Å². The van der Waals surface area contributed by atoms with Crippen molar-refractivity contribution < 1.29 is 24.4 Å². The highest BCUT2D eigenvalue weighted by atomic mass is 79.9. The van der Waals surface area contributed by atoms with Crippen molar-refractivity contribution in [2.75, 3.05) is 33.5 Å². The Hall–Kier alpha value is -3.75. The van der Waals surface area contributed by atoms with E-state index in [1.165, 1.54) is 59.1 Å². The number of aryl methyl sites for hydroxylation is 8. The van der Waals surface area contributed by atoms with Crippen LogP contribution in [0.2, 0.25) is 6.82 Å². The van der Waals surface area contributed by atoms with Crippen molar-refractivity contribution in [3.05, 3.63) is 102 Å². The average molecular weight is 1020 g/mol. The number of halogens is 2. The van der Waals surface area contributed by atoms with E-state index in [1.807, 2.05) is 68.0 Å². The molecule has 340 valence electrons. The molecule has 0 spiro atoms. The van der Waals surface area contributed by atoms with E-state index in [1.54, 1.807) is 34.0 Å². The minimum absolute atomic E-state index is 0. The van der Waals surface area contributed by atoms with Crippen LogP contribution < -0.4 is 16.8 Å². The lowest BCUT2D eigenvalue weighted by Gasteiger charge is -2.15. The fraction of sp³-hybridized carbons (Fsp3) is 0.409. The van der Waals surface area contributed by atoms with Gasteiger partial charge in [0.15, 0.2) is 23.3 Å². The zero-order valence-electron chi connectivity index (χ0n) is 37.1. The summed E-state index contributed by atoms with van der Waals surface area (Å²) in [6.45, 7) is 7.56. The molecule has 0 bridgehead atoms. The van der Waals surface area contributed by atoms with E-state index in [0.717, 1.165) is 96.0 Å². The predicted octanol–water partition coefficient (Wildman–Crippen LogP) is 9.29. The lowest BCUT2D eigenvalue weighted by molar-refractivity contribution is 0.0965. The van der Waals surface area contributed by atoms with Gasteiger partial charge in [-0.25, -0.2) is 9.97 Å². The maximum atomic E-state index is 12.1. The Morgan fingerprint density at radius 2 is 1.24 bits per heavy atom. The van der Waals surface area contributed by atoms with Gasteiger partial charge in [0, 0.05) is 115 Å². The van der Waals surface area contributed by atoms with Crippen molar-refractivity contribution in [3.63, 3.8) is 0 Å². The number of allylic oxidation sites excluding steroid dienone is 1. The molecule has 19 heteroatoms. The Kier molecular flexibility index (Phi) is 21.8. The van der Waals surface area contributed by atoms with Gasteiger partial charge < -0.3 is 31.7 Å². The molecule has 0 atom stereocenters. The first-order valence-electron chi connectivity index (χ1n) is 20.3. The molecule has 5 heterocycles. The summed E-state index contributed by atoms with van der Waals surface area (Å²) in [4.78, 5) is 58.0. The number of aromatic nitrogens is 2. The number of nitrogens with one attached hydrogen (secondary N) is 1. The molecule has 0 aliphatic heterocycles. The number of hydrogen-bond acceptors (Lipinski definition) is 14. The number of nitrogens with two attached hydrogens (primary N) is 2. The van der Waals surface area contributed by atoms with Crippen molar-refractivity contribution in [2.24, 2.45) is 16.5 Å². The second-order valence-corrected chi connectivity index (χ2v) is 21.6. The van der Waals surface area contributed by atoms with E-state index < -0.39 is 7.12 Å². The largest absolute Gasteiger partial charge is 0.448 e. The van der Waals surface area contributed by atoms with Crippen molar-refractivity contribution in [1.29, 1.82) is 0 Å². The summed E-state index contributed by atoms with van der Waals surface area (Å²) < 4.78 is 1.08. The second-order valence-electron chi connectivity index (χ2n) is 15.1. The normalized spacial score (nSPS) is 14.4. The van der Waals surface area contributed by atoms with Crippen molar-refractivity contribution in [1.82, 2.24) is 14.9 Å². The fourth-order valence-electron chi connectivity index (χ4n) is 6.94. The van der Waals surface area contributed by atoms with Gasteiger partial charge in [0.1, 0.15) is 0 Å². The molecule has 0 radical (unpaired) electrons. The Labute approximate surface area is 402 Å². The Balaban J connectivity index is 0.000000211. The lowest BCUT2D eigenvalue weighted by Crippen LogP contribution is -2.21. The number of aliphatic imine (C=N–C) groups is 1. The minimum atomic E-state index is -1.17. The molecule has 0 amide bonds. The van der Waals surface area contributed by atoms with E-state index in [4.69, 9.17) is 21.5 Å². The smallest absolute Gasteiger partial charge is 0.427 e. The first kappa shape index (κ1) is 53.6. The maximum Gasteiger partial charge on any atom is 0.448 e. The molecular weight excluding hydrogens is 961 g/mol. The summed E-state index contributed by atoms with van der Waals surface area (Å²) in [6.07, 6.45) is 13.7. The van der Waals surface area contributed by atoms with Crippen molar-refractivity contribution in [3.8, 4) is 11.3 Å². The van der Waals surface area contributed by atoms with Gasteiger partial charge in [-0.15, -0.1) is 57.8 Å². The number of Topliss-reactive ketones (excluding diaryl/α,β-unsaturated/α-hetero) is 3. The van der Waals surface area contributed by atoms with Crippen LogP contribution in [0.1, 0.15) is 103 Å².